The van der Waals surface area contributed by atoms with Crippen molar-refractivity contribution in [1.82, 2.24) is 9.97 Å². The van der Waals surface area contributed by atoms with Crippen LogP contribution in [-0.2, 0) is 0 Å². The number of aromatic nitrogens is 2. The standard InChI is InChI=1S/C10H8Cl2N2/c1-5-3-7-9(12)8(11)4-13-10(7)6(2)14-5/h3-4H,1-2H3. The highest BCUT2D eigenvalue weighted by Crippen LogP contribution is 2.30. The summed E-state index contributed by atoms with van der Waals surface area (Å²) in [5, 5.41) is 1.89. The largest absolute Gasteiger partial charge is 0.256 e. The van der Waals surface area contributed by atoms with Gasteiger partial charge in [0.2, 0.25) is 0 Å². The van der Waals surface area contributed by atoms with E-state index in [-0.39, 0.29) is 0 Å². The normalized spacial score (nSPS) is 10.9. The van der Waals surface area contributed by atoms with Crippen molar-refractivity contribution in [3.05, 3.63) is 33.7 Å². The minimum absolute atomic E-state index is 0.476. The number of aryl methyl sites for hydroxylation is 2. The molecule has 0 N–H and O–H groups in total. The molecule has 0 bridgehead atoms. The van der Waals surface area contributed by atoms with Crippen molar-refractivity contribution in [3.8, 4) is 0 Å². The fourth-order valence-corrected chi connectivity index (χ4v) is 1.80. The second-order valence-corrected chi connectivity index (χ2v) is 3.95. The second-order valence-electron chi connectivity index (χ2n) is 3.17. The Morgan fingerprint density at radius 2 is 1.93 bits per heavy atom. The Morgan fingerprint density at radius 3 is 2.64 bits per heavy atom. The number of pyridine rings is 2. The van der Waals surface area contributed by atoms with E-state index in [1.54, 1.807) is 6.20 Å². The van der Waals surface area contributed by atoms with Crippen LogP contribution in [0.3, 0.4) is 0 Å². The molecule has 0 aromatic carbocycles. The van der Waals surface area contributed by atoms with E-state index in [2.05, 4.69) is 9.97 Å². The molecule has 0 saturated heterocycles. The quantitative estimate of drug-likeness (QED) is 0.687. The summed E-state index contributed by atoms with van der Waals surface area (Å²) in [5.41, 5.74) is 2.60. The van der Waals surface area contributed by atoms with E-state index < -0.39 is 0 Å². The first-order valence-corrected chi connectivity index (χ1v) is 4.93. The summed E-state index contributed by atoms with van der Waals surface area (Å²) >= 11 is 11.9. The molecule has 0 aliphatic carbocycles. The summed E-state index contributed by atoms with van der Waals surface area (Å²) in [4.78, 5) is 8.51. The lowest BCUT2D eigenvalue weighted by Crippen LogP contribution is -1.91. The van der Waals surface area contributed by atoms with E-state index in [4.69, 9.17) is 23.2 Å². The third-order valence-electron chi connectivity index (χ3n) is 2.05. The van der Waals surface area contributed by atoms with Crippen LogP contribution in [0.5, 0.6) is 0 Å². The van der Waals surface area contributed by atoms with Gasteiger partial charge in [0.25, 0.3) is 0 Å². The van der Waals surface area contributed by atoms with E-state index in [9.17, 15) is 0 Å². The molecule has 0 saturated carbocycles. The van der Waals surface area contributed by atoms with Crippen molar-refractivity contribution in [3.63, 3.8) is 0 Å². The highest BCUT2D eigenvalue weighted by Gasteiger charge is 2.08. The molecule has 0 radical (unpaired) electrons. The Balaban J connectivity index is 2.95. The molecule has 0 atom stereocenters. The van der Waals surface area contributed by atoms with Gasteiger partial charge in [-0.1, -0.05) is 23.2 Å². The van der Waals surface area contributed by atoms with Gasteiger partial charge in [0, 0.05) is 17.3 Å². The summed E-state index contributed by atoms with van der Waals surface area (Å²) in [7, 11) is 0. The summed E-state index contributed by atoms with van der Waals surface area (Å²) < 4.78 is 0. The van der Waals surface area contributed by atoms with Gasteiger partial charge in [-0.05, 0) is 19.9 Å². The van der Waals surface area contributed by atoms with Gasteiger partial charge in [-0.25, -0.2) is 0 Å². The molecule has 2 aromatic rings. The average molecular weight is 227 g/mol. The van der Waals surface area contributed by atoms with Crippen LogP contribution >= 0.6 is 23.2 Å². The van der Waals surface area contributed by atoms with Gasteiger partial charge in [0.05, 0.1) is 21.3 Å². The van der Waals surface area contributed by atoms with Crippen molar-refractivity contribution in [1.29, 1.82) is 0 Å². The second kappa shape index (κ2) is 3.37. The zero-order chi connectivity index (χ0) is 10.3. The number of nitrogens with zero attached hydrogens (tertiary/aromatic N) is 2. The molecule has 0 spiro atoms. The minimum Gasteiger partial charge on any atom is -0.256 e. The van der Waals surface area contributed by atoms with Gasteiger partial charge in [-0.3, -0.25) is 9.97 Å². The van der Waals surface area contributed by atoms with Gasteiger partial charge in [-0.2, -0.15) is 0 Å². The van der Waals surface area contributed by atoms with E-state index >= 15 is 0 Å². The average Bonchev–Trinajstić information content (AvgIpc) is 2.12. The predicted molar refractivity (Wildman–Crippen MR) is 59.0 cm³/mol. The number of halogens is 2. The maximum Gasteiger partial charge on any atom is 0.0930 e. The molecular weight excluding hydrogens is 219 g/mol. The first kappa shape index (κ1) is 9.69. The molecule has 0 amide bonds. The third-order valence-corrected chi connectivity index (χ3v) is 2.84. The number of rotatable bonds is 0. The lowest BCUT2D eigenvalue weighted by Gasteiger charge is -2.05. The summed E-state index contributed by atoms with van der Waals surface area (Å²) in [6.45, 7) is 3.83. The topological polar surface area (TPSA) is 25.8 Å². The smallest absolute Gasteiger partial charge is 0.0930 e. The van der Waals surface area contributed by atoms with Gasteiger partial charge in [0.15, 0.2) is 0 Å². The first-order valence-electron chi connectivity index (χ1n) is 4.17. The highest BCUT2D eigenvalue weighted by atomic mass is 35.5. The van der Waals surface area contributed by atoms with Crippen LogP contribution in [-0.4, -0.2) is 9.97 Å². The van der Waals surface area contributed by atoms with Gasteiger partial charge >= 0.3 is 0 Å². The van der Waals surface area contributed by atoms with Gasteiger partial charge < -0.3 is 0 Å². The van der Waals surface area contributed by atoms with Crippen LogP contribution in [0.1, 0.15) is 11.4 Å². The van der Waals surface area contributed by atoms with Crippen LogP contribution < -0.4 is 0 Å². The lowest BCUT2D eigenvalue weighted by atomic mass is 10.2. The summed E-state index contributed by atoms with van der Waals surface area (Å²) in [5.74, 6) is 0. The first-order chi connectivity index (χ1) is 6.59. The Hall–Kier alpha value is -0.860. The van der Waals surface area contributed by atoms with Gasteiger partial charge in [0.1, 0.15) is 0 Å². The van der Waals surface area contributed by atoms with E-state index in [0.717, 1.165) is 22.3 Å². The number of fused-ring (bicyclic) bond motifs is 1. The fraction of sp³-hybridized carbons (Fsp3) is 0.200. The number of hydrogen-bond donors (Lipinski definition) is 0. The van der Waals surface area contributed by atoms with Crippen molar-refractivity contribution in [2.45, 2.75) is 13.8 Å². The highest BCUT2D eigenvalue weighted by molar-refractivity contribution is 6.45. The SMILES string of the molecule is Cc1cc2c(Cl)c(Cl)cnc2c(C)n1. The molecule has 14 heavy (non-hydrogen) atoms. The Bertz CT molecular complexity index is 509. The van der Waals surface area contributed by atoms with Crippen LogP contribution in [0.4, 0.5) is 0 Å². The Morgan fingerprint density at radius 1 is 1.21 bits per heavy atom. The van der Waals surface area contributed by atoms with Crippen LogP contribution in [0.25, 0.3) is 10.9 Å². The maximum absolute atomic E-state index is 6.07. The van der Waals surface area contributed by atoms with E-state index in [0.29, 0.717) is 10.0 Å². The van der Waals surface area contributed by atoms with Crippen LogP contribution in [0, 0.1) is 13.8 Å². The molecular formula is C10H8Cl2N2. The van der Waals surface area contributed by atoms with Crippen molar-refractivity contribution in [2.75, 3.05) is 0 Å². The number of hydrogen-bond acceptors (Lipinski definition) is 2. The predicted octanol–water partition coefficient (Wildman–Crippen LogP) is 3.55. The summed E-state index contributed by atoms with van der Waals surface area (Å²) in [6.07, 6.45) is 1.55. The summed E-state index contributed by atoms with van der Waals surface area (Å²) in [6, 6.07) is 1.89. The maximum atomic E-state index is 6.07. The fourth-order valence-electron chi connectivity index (χ4n) is 1.46. The molecule has 0 fully saturated rings. The van der Waals surface area contributed by atoms with E-state index in [1.807, 2.05) is 19.9 Å². The molecule has 2 rings (SSSR count). The molecule has 72 valence electrons. The molecule has 0 aliphatic rings. The Kier molecular flexibility index (Phi) is 2.33. The molecule has 2 nitrogen and oxygen atoms in total. The monoisotopic (exact) mass is 226 g/mol. The minimum atomic E-state index is 0.476. The zero-order valence-electron chi connectivity index (χ0n) is 7.81. The molecule has 2 aromatic heterocycles. The molecule has 4 heteroatoms. The molecule has 0 unspecified atom stereocenters. The van der Waals surface area contributed by atoms with Crippen molar-refractivity contribution < 1.29 is 0 Å². The Labute approximate surface area is 91.9 Å². The molecule has 0 aliphatic heterocycles. The third kappa shape index (κ3) is 1.45. The van der Waals surface area contributed by atoms with Crippen molar-refractivity contribution in [2.24, 2.45) is 0 Å². The van der Waals surface area contributed by atoms with E-state index in [1.165, 1.54) is 0 Å². The zero-order valence-corrected chi connectivity index (χ0v) is 9.32. The molecule has 2 heterocycles. The van der Waals surface area contributed by atoms with Crippen LogP contribution in [0.15, 0.2) is 12.3 Å². The van der Waals surface area contributed by atoms with Gasteiger partial charge in [-0.15, -0.1) is 0 Å². The lowest BCUT2D eigenvalue weighted by molar-refractivity contribution is 1.13. The van der Waals surface area contributed by atoms with Crippen molar-refractivity contribution >= 4 is 34.1 Å². The van der Waals surface area contributed by atoms with Crippen LogP contribution in [0.2, 0.25) is 10.0 Å².